The lowest BCUT2D eigenvalue weighted by Crippen LogP contribution is -2.47. The van der Waals surface area contributed by atoms with Crippen molar-refractivity contribution in [1.29, 1.82) is 0 Å². The molecule has 0 amide bonds. The minimum absolute atomic E-state index is 0.206. The Morgan fingerprint density at radius 3 is 2.74 bits per heavy atom. The van der Waals surface area contributed by atoms with Crippen LogP contribution in [0.1, 0.15) is 30.9 Å². The van der Waals surface area contributed by atoms with Gasteiger partial charge < -0.3 is 14.8 Å². The van der Waals surface area contributed by atoms with E-state index in [4.69, 9.17) is 4.42 Å². The van der Waals surface area contributed by atoms with E-state index in [0.717, 1.165) is 23.0 Å². The molecule has 0 saturated heterocycles. The van der Waals surface area contributed by atoms with Crippen LogP contribution in [0.15, 0.2) is 34.9 Å². The SMILES string of the molecule is CNC(c1coc2ccccc12)C1(C(=O)O)CCC1. The van der Waals surface area contributed by atoms with E-state index in [1.807, 2.05) is 31.3 Å². The summed E-state index contributed by atoms with van der Waals surface area (Å²) in [4.78, 5) is 11.7. The lowest BCUT2D eigenvalue weighted by molar-refractivity contribution is -0.157. The van der Waals surface area contributed by atoms with Crippen molar-refractivity contribution in [3.05, 3.63) is 36.1 Å². The largest absolute Gasteiger partial charge is 0.481 e. The van der Waals surface area contributed by atoms with Crippen LogP contribution in [-0.4, -0.2) is 18.1 Å². The number of rotatable bonds is 4. The number of hydrogen-bond donors (Lipinski definition) is 2. The summed E-state index contributed by atoms with van der Waals surface area (Å²) in [5.74, 6) is -0.719. The number of benzene rings is 1. The van der Waals surface area contributed by atoms with Gasteiger partial charge in [-0.05, 0) is 26.0 Å². The van der Waals surface area contributed by atoms with Gasteiger partial charge >= 0.3 is 5.97 Å². The second-order valence-corrected chi connectivity index (χ2v) is 5.22. The van der Waals surface area contributed by atoms with Crippen molar-refractivity contribution < 1.29 is 14.3 Å². The van der Waals surface area contributed by atoms with Crippen molar-refractivity contribution in [2.45, 2.75) is 25.3 Å². The zero-order valence-electron chi connectivity index (χ0n) is 10.8. The first kappa shape index (κ1) is 12.2. The highest BCUT2D eigenvalue weighted by Crippen LogP contribution is 2.51. The minimum Gasteiger partial charge on any atom is -0.481 e. The molecular formula is C15H17NO3. The number of carboxylic acids is 1. The molecule has 1 atom stereocenters. The fourth-order valence-electron chi connectivity index (χ4n) is 3.14. The molecule has 1 aromatic carbocycles. The Morgan fingerprint density at radius 2 is 2.16 bits per heavy atom. The van der Waals surface area contributed by atoms with Crippen LogP contribution in [0.5, 0.6) is 0 Å². The van der Waals surface area contributed by atoms with E-state index >= 15 is 0 Å². The number of carboxylic acid groups (broad SMARTS) is 1. The van der Waals surface area contributed by atoms with Gasteiger partial charge in [-0.3, -0.25) is 4.79 Å². The molecular weight excluding hydrogens is 242 g/mol. The Balaban J connectivity index is 2.10. The fraction of sp³-hybridized carbons (Fsp3) is 0.400. The van der Waals surface area contributed by atoms with E-state index < -0.39 is 11.4 Å². The van der Waals surface area contributed by atoms with Crippen LogP contribution in [0, 0.1) is 5.41 Å². The third kappa shape index (κ3) is 1.67. The molecule has 0 radical (unpaired) electrons. The molecule has 2 N–H and O–H groups in total. The van der Waals surface area contributed by atoms with Crippen molar-refractivity contribution in [3.8, 4) is 0 Å². The molecule has 4 heteroatoms. The van der Waals surface area contributed by atoms with Crippen LogP contribution in [0.3, 0.4) is 0 Å². The van der Waals surface area contributed by atoms with Gasteiger partial charge in [-0.1, -0.05) is 24.6 Å². The smallest absolute Gasteiger partial charge is 0.311 e. The summed E-state index contributed by atoms with van der Waals surface area (Å²) < 4.78 is 5.54. The van der Waals surface area contributed by atoms with Gasteiger partial charge in [0.2, 0.25) is 0 Å². The van der Waals surface area contributed by atoms with Crippen LogP contribution in [-0.2, 0) is 4.79 Å². The third-order valence-electron chi connectivity index (χ3n) is 4.33. The third-order valence-corrected chi connectivity index (χ3v) is 4.33. The molecule has 0 aliphatic heterocycles. The lowest BCUT2D eigenvalue weighted by atomic mass is 9.62. The maximum atomic E-state index is 11.7. The quantitative estimate of drug-likeness (QED) is 0.886. The van der Waals surface area contributed by atoms with E-state index in [1.165, 1.54) is 0 Å². The van der Waals surface area contributed by atoms with Gasteiger partial charge in [0.1, 0.15) is 5.58 Å². The molecule has 19 heavy (non-hydrogen) atoms. The molecule has 2 aromatic rings. The van der Waals surface area contributed by atoms with Gasteiger partial charge in [-0.25, -0.2) is 0 Å². The average Bonchev–Trinajstić information content (AvgIpc) is 2.76. The first-order valence-corrected chi connectivity index (χ1v) is 6.56. The van der Waals surface area contributed by atoms with Crippen molar-refractivity contribution >= 4 is 16.9 Å². The summed E-state index contributed by atoms with van der Waals surface area (Å²) in [5, 5.41) is 13.8. The standard InChI is InChI=1S/C15H17NO3/c1-16-13(15(14(17)18)7-4-8-15)11-9-19-12-6-3-2-5-10(11)12/h2-3,5-6,9,13,16H,4,7-8H2,1H3,(H,17,18). The highest BCUT2D eigenvalue weighted by Gasteiger charge is 2.51. The highest BCUT2D eigenvalue weighted by atomic mass is 16.4. The van der Waals surface area contributed by atoms with Gasteiger partial charge in [-0.2, -0.15) is 0 Å². The van der Waals surface area contributed by atoms with E-state index in [-0.39, 0.29) is 6.04 Å². The Labute approximate surface area is 111 Å². The zero-order valence-corrected chi connectivity index (χ0v) is 10.8. The Morgan fingerprint density at radius 1 is 1.42 bits per heavy atom. The second kappa shape index (κ2) is 4.38. The predicted octanol–water partition coefficient (Wildman–Crippen LogP) is 2.95. The summed E-state index contributed by atoms with van der Waals surface area (Å²) in [6.07, 6.45) is 4.09. The topological polar surface area (TPSA) is 62.5 Å². The second-order valence-electron chi connectivity index (χ2n) is 5.22. The number of hydrogen-bond acceptors (Lipinski definition) is 3. The summed E-state index contributed by atoms with van der Waals surface area (Å²) in [6, 6.07) is 7.54. The summed E-state index contributed by atoms with van der Waals surface area (Å²) in [6.45, 7) is 0. The predicted molar refractivity (Wildman–Crippen MR) is 71.9 cm³/mol. The Bertz CT molecular complexity index is 613. The molecule has 1 unspecified atom stereocenters. The average molecular weight is 259 g/mol. The van der Waals surface area contributed by atoms with Crippen LogP contribution in [0.25, 0.3) is 11.0 Å². The first-order valence-electron chi connectivity index (χ1n) is 6.56. The number of carbonyl (C=O) groups is 1. The Hall–Kier alpha value is -1.81. The van der Waals surface area contributed by atoms with Gasteiger partial charge in [0.05, 0.1) is 17.7 Å². The molecule has 1 fully saturated rings. The lowest BCUT2D eigenvalue weighted by Gasteiger charge is -2.43. The summed E-state index contributed by atoms with van der Waals surface area (Å²) >= 11 is 0. The normalized spacial score (nSPS) is 19.0. The molecule has 4 nitrogen and oxygen atoms in total. The van der Waals surface area contributed by atoms with Crippen molar-refractivity contribution in [1.82, 2.24) is 5.32 Å². The molecule has 100 valence electrons. The maximum Gasteiger partial charge on any atom is 0.311 e. The summed E-state index contributed by atoms with van der Waals surface area (Å²) in [7, 11) is 1.81. The monoisotopic (exact) mass is 259 g/mol. The van der Waals surface area contributed by atoms with E-state index in [0.29, 0.717) is 12.8 Å². The van der Waals surface area contributed by atoms with Crippen LogP contribution in [0.2, 0.25) is 0 Å². The number of fused-ring (bicyclic) bond motifs is 1. The van der Waals surface area contributed by atoms with Crippen LogP contribution in [0.4, 0.5) is 0 Å². The zero-order chi connectivity index (χ0) is 13.5. The maximum absolute atomic E-state index is 11.7. The van der Waals surface area contributed by atoms with E-state index in [2.05, 4.69) is 5.32 Å². The van der Waals surface area contributed by atoms with Crippen molar-refractivity contribution in [2.75, 3.05) is 7.05 Å². The number of para-hydroxylation sites is 1. The molecule has 0 bridgehead atoms. The van der Waals surface area contributed by atoms with Crippen molar-refractivity contribution in [2.24, 2.45) is 5.41 Å². The highest BCUT2D eigenvalue weighted by molar-refractivity contribution is 5.84. The number of furan rings is 1. The van der Waals surface area contributed by atoms with E-state index in [1.54, 1.807) is 6.26 Å². The number of aliphatic carboxylic acids is 1. The van der Waals surface area contributed by atoms with Gasteiger partial charge in [0.25, 0.3) is 0 Å². The molecule has 1 aliphatic carbocycles. The minimum atomic E-state index is -0.719. The molecule has 0 spiro atoms. The molecule has 1 aliphatic rings. The van der Waals surface area contributed by atoms with Gasteiger partial charge in [-0.15, -0.1) is 0 Å². The molecule has 3 rings (SSSR count). The summed E-state index contributed by atoms with van der Waals surface area (Å²) in [5.41, 5.74) is 1.05. The van der Waals surface area contributed by atoms with Crippen LogP contribution >= 0.6 is 0 Å². The van der Waals surface area contributed by atoms with E-state index in [9.17, 15) is 9.90 Å². The van der Waals surface area contributed by atoms with Gasteiger partial charge in [0.15, 0.2) is 0 Å². The Kier molecular flexibility index (Phi) is 2.82. The fourth-order valence-corrected chi connectivity index (χ4v) is 3.14. The molecule has 1 saturated carbocycles. The van der Waals surface area contributed by atoms with Crippen LogP contribution < -0.4 is 5.32 Å². The van der Waals surface area contributed by atoms with Crippen molar-refractivity contribution in [3.63, 3.8) is 0 Å². The molecule has 1 aromatic heterocycles. The first-order chi connectivity index (χ1) is 9.19. The molecule has 1 heterocycles. The van der Waals surface area contributed by atoms with Gasteiger partial charge in [0, 0.05) is 10.9 Å². The number of nitrogens with one attached hydrogen (secondary N) is 1.